The molecule has 98 valence electrons. The molecule has 1 aromatic heterocycles. The SMILES string of the molecule is C[Si](C)(C)c1sc2ccccc2c1SC(F)(F)F. The third-order valence-corrected chi connectivity index (χ3v) is 8.36. The second kappa shape index (κ2) is 4.58. The number of halogens is 3. The Labute approximate surface area is 113 Å². The average Bonchev–Trinajstić information content (AvgIpc) is 2.55. The maximum Gasteiger partial charge on any atom is 0.446 e. The van der Waals surface area contributed by atoms with Gasteiger partial charge in [-0.05, 0) is 17.8 Å². The lowest BCUT2D eigenvalue weighted by molar-refractivity contribution is -0.0327. The van der Waals surface area contributed by atoms with Crippen molar-refractivity contribution < 1.29 is 13.2 Å². The Kier molecular flexibility index (Phi) is 3.55. The van der Waals surface area contributed by atoms with Gasteiger partial charge in [-0.25, -0.2) is 0 Å². The maximum absolute atomic E-state index is 12.7. The molecule has 0 radical (unpaired) electrons. The van der Waals surface area contributed by atoms with Crippen molar-refractivity contribution in [3.05, 3.63) is 24.3 Å². The minimum absolute atomic E-state index is 0.0355. The number of rotatable bonds is 2. The van der Waals surface area contributed by atoms with E-state index < -0.39 is 13.6 Å². The lowest BCUT2D eigenvalue weighted by Gasteiger charge is -2.17. The van der Waals surface area contributed by atoms with E-state index in [-0.39, 0.29) is 11.8 Å². The van der Waals surface area contributed by atoms with Crippen LogP contribution in [-0.4, -0.2) is 13.6 Å². The fraction of sp³-hybridized carbons (Fsp3) is 0.333. The third kappa shape index (κ3) is 2.92. The Balaban J connectivity index is 2.66. The molecule has 1 heterocycles. The van der Waals surface area contributed by atoms with Gasteiger partial charge in [-0.2, -0.15) is 13.2 Å². The predicted molar refractivity (Wildman–Crippen MR) is 76.7 cm³/mol. The number of hydrogen-bond acceptors (Lipinski definition) is 2. The molecule has 0 spiro atoms. The number of alkyl halides is 3. The van der Waals surface area contributed by atoms with Crippen molar-refractivity contribution in [2.45, 2.75) is 30.0 Å². The Hall–Kier alpha value is -0.463. The highest BCUT2D eigenvalue weighted by molar-refractivity contribution is 8.00. The van der Waals surface area contributed by atoms with Gasteiger partial charge in [-0.3, -0.25) is 0 Å². The van der Waals surface area contributed by atoms with Gasteiger partial charge in [0.2, 0.25) is 0 Å². The first kappa shape index (κ1) is 14.0. The summed E-state index contributed by atoms with van der Waals surface area (Å²) in [5.74, 6) is 0. The number of thioether (sulfide) groups is 1. The van der Waals surface area contributed by atoms with Crippen LogP contribution >= 0.6 is 23.1 Å². The molecule has 6 heteroatoms. The normalized spacial score (nSPS) is 13.2. The summed E-state index contributed by atoms with van der Waals surface area (Å²) in [6, 6.07) is 7.34. The van der Waals surface area contributed by atoms with Gasteiger partial charge >= 0.3 is 5.51 Å². The Morgan fingerprint density at radius 1 is 1.11 bits per heavy atom. The zero-order valence-corrected chi connectivity index (χ0v) is 12.9. The molecule has 0 N–H and O–H groups in total. The first-order valence-electron chi connectivity index (χ1n) is 5.46. The fourth-order valence-corrected chi connectivity index (χ4v) is 6.95. The standard InChI is InChI=1S/C12H13F3S2Si/c1-18(2,3)11-10(17-12(13,14)15)8-6-4-5-7-9(8)16-11/h4-7H,1-3H3. The summed E-state index contributed by atoms with van der Waals surface area (Å²) in [7, 11) is -1.76. The van der Waals surface area contributed by atoms with Crippen LogP contribution in [0.15, 0.2) is 29.2 Å². The first-order chi connectivity index (χ1) is 8.18. The summed E-state index contributed by atoms with van der Waals surface area (Å²) in [5, 5.41) is 0.738. The molecule has 0 saturated carbocycles. The maximum atomic E-state index is 12.7. The van der Waals surface area contributed by atoms with E-state index >= 15 is 0 Å². The molecule has 0 aliphatic rings. The molecule has 0 fully saturated rings. The van der Waals surface area contributed by atoms with Crippen LogP contribution in [0.2, 0.25) is 19.6 Å². The highest BCUT2D eigenvalue weighted by Crippen LogP contribution is 2.42. The molecule has 0 nitrogen and oxygen atoms in total. The van der Waals surface area contributed by atoms with Crippen molar-refractivity contribution in [3.63, 3.8) is 0 Å². The van der Waals surface area contributed by atoms with Crippen LogP contribution < -0.4 is 4.50 Å². The highest BCUT2D eigenvalue weighted by atomic mass is 32.2. The van der Waals surface area contributed by atoms with Crippen molar-refractivity contribution in [1.82, 2.24) is 0 Å². The van der Waals surface area contributed by atoms with Gasteiger partial charge in [0.25, 0.3) is 0 Å². The molecule has 0 unspecified atom stereocenters. The van der Waals surface area contributed by atoms with E-state index in [0.717, 1.165) is 14.6 Å². The average molecular weight is 306 g/mol. The van der Waals surface area contributed by atoms with Crippen LogP contribution in [0, 0.1) is 0 Å². The minimum atomic E-state index is -4.22. The molecule has 2 rings (SSSR count). The van der Waals surface area contributed by atoms with E-state index in [1.165, 1.54) is 11.3 Å². The molecule has 1 aromatic carbocycles. The van der Waals surface area contributed by atoms with Gasteiger partial charge in [-0.1, -0.05) is 37.8 Å². The van der Waals surface area contributed by atoms with Crippen LogP contribution in [0.1, 0.15) is 0 Å². The summed E-state index contributed by atoms with van der Waals surface area (Å²) in [6.07, 6.45) is 0. The van der Waals surface area contributed by atoms with E-state index in [9.17, 15) is 13.2 Å². The van der Waals surface area contributed by atoms with E-state index in [1.54, 1.807) is 12.1 Å². The number of thiophene rings is 1. The number of fused-ring (bicyclic) bond motifs is 1. The molecule has 0 aliphatic carbocycles. The Bertz CT molecular complexity index is 567. The van der Waals surface area contributed by atoms with Gasteiger partial charge in [0, 0.05) is 19.5 Å². The van der Waals surface area contributed by atoms with Gasteiger partial charge in [0.05, 0.1) is 8.07 Å². The van der Waals surface area contributed by atoms with E-state index in [2.05, 4.69) is 19.6 Å². The van der Waals surface area contributed by atoms with Crippen LogP contribution in [-0.2, 0) is 0 Å². The topological polar surface area (TPSA) is 0 Å². The Morgan fingerprint density at radius 3 is 2.28 bits per heavy atom. The molecular formula is C12H13F3S2Si. The lowest BCUT2D eigenvalue weighted by Crippen LogP contribution is -2.36. The minimum Gasteiger partial charge on any atom is -0.160 e. The van der Waals surface area contributed by atoms with Gasteiger partial charge in [-0.15, -0.1) is 11.3 Å². The Morgan fingerprint density at radius 2 is 1.72 bits per heavy atom. The van der Waals surface area contributed by atoms with Gasteiger partial charge in [0.15, 0.2) is 0 Å². The van der Waals surface area contributed by atoms with E-state index in [4.69, 9.17) is 0 Å². The van der Waals surface area contributed by atoms with Crippen molar-refractivity contribution >= 4 is 45.8 Å². The number of benzene rings is 1. The van der Waals surface area contributed by atoms with Crippen LogP contribution in [0.4, 0.5) is 13.2 Å². The van der Waals surface area contributed by atoms with Crippen LogP contribution in [0.3, 0.4) is 0 Å². The second-order valence-corrected chi connectivity index (χ2v) is 12.5. The summed E-state index contributed by atoms with van der Waals surface area (Å²) < 4.78 is 40.0. The highest BCUT2D eigenvalue weighted by Gasteiger charge is 2.35. The van der Waals surface area contributed by atoms with Crippen molar-refractivity contribution in [1.29, 1.82) is 0 Å². The zero-order valence-electron chi connectivity index (χ0n) is 10.3. The largest absolute Gasteiger partial charge is 0.446 e. The van der Waals surface area contributed by atoms with Crippen molar-refractivity contribution in [3.8, 4) is 0 Å². The van der Waals surface area contributed by atoms with Crippen LogP contribution in [0.25, 0.3) is 10.1 Å². The second-order valence-electron chi connectivity index (χ2n) is 5.05. The molecule has 0 bridgehead atoms. The van der Waals surface area contributed by atoms with Crippen LogP contribution in [0.5, 0.6) is 0 Å². The van der Waals surface area contributed by atoms with Gasteiger partial charge < -0.3 is 0 Å². The van der Waals surface area contributed by atoms with Crippen molar-refractivity contribution in [2.75, 3.05) is 0 Å². The molecule has 0 amide bonds. The zero-order chi connectivity index (χ0) is 13.6. The van der Waals surface area contributed by atoms with E-state index in [1.807, 2.05) is 12.1 Å². The smallest absolute Gasteiger partial charge is 0.160 e. The van der Waals surface area contributed by atoms with Crippen molar-refractivity contribution in [2.24, 2.45) is 0 Å². The van der Waals surface area contributed by atoms with Gasteiger partial charge in [0.1, 0.15) is 0 Å². The third-order valence-electron chi connectivity index (χ3n) is 2.45. The molecule has 18 heavy (non-hydrogen) atoms. The molecule has 2 aromatic rings. The monoisotopic (exact) mass is 306 g/mol. The lowest BCUT2D eigenvalue weighted by atomic mass is 10.3. The quantitative estimate of drug-likeness (QED) is 0.552. The molecule has 0 saturated heterocycles. The molecule has 0 atom stereocenters. The summed E-state index contributed by atoms with van der Waals surface area (Å²) >= 11 is 1.55. The number of hydrogen-bond donors (Lipinski definition) is 0. The van der Waals surface area contributed by atoms with E-state index in [0.29, 0.717) is 4.90 Å². The predicted octanol–water partition coefficient (Wildman–Crippen LogP) is 5.06. The summed E-state index contributed by atoms with van der Waals surface area (Å²) in [6.45, 7) is 6.24. The first-order valence-corrected chi connectivity index (χ1v) is 10.6. The molecular weight excluding hydrogens is 293 g/mol. The summed E-state index contributed by atoms with van der Waals surface area (Å²) in [4.78, 5) is 0.419. The summed E-state index contributed by atoms with van der Waals surface area (Å²) in [5.41, 5.74) is -4.22. The molecule has 0 aliphatic heterocycles. The fourth-order valence-electron chi connectivity index (χ4n) is 1.73.